The standard InChI is InChI=1S/C28H21Cl3N2O8S/c29-15-1-7-20(19(31)9-15)41-21-8-2-16(30)10-22(21)40-11-14-13-42-27-24(26(36)33(27)25(14)28(37)38)32-23(35)12-39-18-5-3-17(34)4-6-18/h1-10,24,27,34H,11-13H2,(H,32,35)(H,37,38)/t24?,27-/m0/s1. The lowest BCUT2D eigenvalue weighted by molar-refractivity contribution is -0.151. The molecule has 0 aliphatic carbocycles. The minimum absolute atomic E-state index is 0.0533. The van der Waals surface area contributed by atoms with Gasteiger partial charge in [-0.2, -0.15) is 0 Å². The molecule has 2 amide bonds. The van der Waals surface area contributed by atoms with E-state index in [2.05, 4.69) is 5.32 Å². The Hall–Kier alpha value is -3.77. The molecule has 1 unspecified atom stereocenters. The van der Waals surface area contributed by atoms with Crippen LogP contribution in [0.15, 0.2) is 71.9 Å². The van der Waals surface area contributed by atoms with Crippen LogP contribution in [0, 0.1) is 0 Å². The molecule has 3 N–H and O–H groups in total. The summed E-state index contributed by atoms with van der Waals surface area (Å²) in [5.41, 5.74) is 0.146. The fourth-order valence-electron chi connectivity index (χ4n) is 4.22. The number of carbonyl (C=O) groups excluding carboxylic acids is 2. The maximum Gasteiger partial charge on any atom is 0.352 e. The number of halogens is 3. The van der Waals surface area contributed by atoms with E-state index >= 15 is 0 Å². The second-order valence-electron chi connectivity index (χ2n) is 9.05. The highest BCUT2D eigenvalue weighted by atomic mass is 35.5. The number of amides is 2. The van der Waals surface area contributed by atoms with E-state index in [1.54, 1.807) is 24.3 Å². The van der Waals surface area contributed by atoms with Crippen molar-refractivity contribution in [1.82, 2.24) is 10.2 Å². The van der Waals surface area contributed by atoms with Crippen molar-refractivity contribution in [3.63, 3.8) is 0 Å². The van der Waals surface area contributed by atoms with Crippen LogP contribution in [-0.2, 0) is 14.4 Å². The van der Waals surface area contributed by atoms with Gasteiger partial charge in [0.2, 0.25) is 0 Å². The van der Waals surface area contributed by atoms with Crippen molar-refractivity contribution in [2.45, 2.75) is 11.4 Å². The van der Waals surface area contributed by atoms with E-state index in [1.807, 2.05) is 0 Å². The Morgan fingerprint density at radius 2 is 1.64 bits per heavy atom. The monoisotopic (exact) mass is 650 g/mol. The molecule has 0 saturated carbocycles. The molecule has 0 spiro atoms. The smallest absolute Gasteiger partial charge is 0.352 e. The van der Waals surface area contributed by atoms with E-state index in [-0.39, 0.29) is 46.9 Å². The molecule has 2 heterocycles. The molecule has 0 aromatic heterocycles. The Balaban J connectivity index is 1.26. The lowest BCUT2D eigenvalue weighted by atomic mass is 10.0. The molecule has 1 saturated heterocycles. The number of carbonyl (C=O) groups is 3. The van der Waals surface area contributed by atoms with Crippen LogP contribution in [0.2, 0.25) is 15.1 Å². The number of hydrogen-bond donors (Lipinski definition) is 3. The lowest BCUT2D eigenvalue weighted by Crippen LogP contribution is -2.71. The Kier molecular flexibility index (Phi) is 8.93. The molecule has 3 aromatic carbocycles. The highest BCUT2D eigenvalue weighted by molar-refractivity contribution is 8.00. The highest BCUT2D eigenvalue weighted by Crippen LogP contribution is 2.42. The second kappa shape index (κ2) is 12.6. The number of fused-ring (bicyclic) bond motifs is 1. The van der Waals surface area contributed by atoms with Gasteiger partial charge in [-0.05, 0) is 54.6 Å². The van der Waals surface area contributed by atoms with E-state index in [0.29, 0.717) is 27.1 Å². The molecule has 0 bridgehead atoms. The lowest BCUT2D eigenvalue weighted by Gasteiger charge is -2.49. The number of thioether (sulfide) groups is 1. The SMILES string of the molecule is O=C(COc1ccc(O)cc1)NC1C(=O)N2C(C(=O)O)=C(COc3cc(Cl)ccc3Oc3ccc(Cl)cc3Cl)CS[C@@H]12. The van der Waals surface area contributed by atoms with Gasteiger partial charge < -0.3 is 29.7 Å². The number of ether oxygens (including phenoxy) is 3. The number of carboxylic acid groups (broad SMARTS) is 1. The topological polar surface area (TPSA) is 135 Å². The van der Waals surface area contributed by atoms with Crippen LogP contribution >= 0.6 is 46.6 Å². The molecule has 10 nitrogen and oxygen atoms in total. The van der Waals surface area contributed by atoms with Gasteiger partial charge >= 0.3 is 5.97 Å². The van der Waals surface area contributed by atoms with Crippen LogP contribution in [0.25, 0.3) is 0 Å². The summed E-state index contributed by atoms with van der Waals surface area (Å²) < 4.78 is 17.2. The molecule has 2 atom stereocenters. The van der Waals surface area contributed by atoms with Crippen molar-refractivity contribution in [3.8, 4) is 28.7 Å². The summed E-state index contributed by atoms with van der Waals surface area (Å²) in [5, 5.41) is 22.4. The third-order valence-corrected chi connectivity index (χ3v) is 8.30. The van der Waals surface area contributed by atoms with Gasteiger partial charge in [-0.25, -0.2) is 4.79 Å². The molecule has 1 fully saturated rings. The fraction of sp³-hybridized carbons (Fsp3) is 0.179. The average Bonchev–Trinajstić information content (AvgIpc) is 2.96. The van der Waals surface area contributed by atoms with Gasteiger partial charge in [-0.15, -0.1) is 11.8 Å². The number of aliphatic carboxylic acids is 1. The van der Waals surface area contributed by atoms with Crippen molar-refractivity contribution < 1.29 is 38.8 Å². The van der Waals surface area contributed by atoms with Crippen LogP contribution in [0.4, 0.5) is 0 Å². The Morgan fingerprint density at radius 3 is 2.33 bits per heavy atom. The number of benzene rings is 3. The molecular weight excluding hydrogens is 631 g/mol. The zero-order valence-corrected chi connectivity index (χ0v) is 24.5. The average molecular weight is 652 g/mol. The van der Waals surface area contributed by atoms with Crippen LogP contribution in [-0.4, -0.2) is 63.3 Å². The third-order valence-electron chi connectivity index (χ3n) is 6.19. The van der Waals surface area contributed by atoms with Gasteiger partial charge in [0.1, 0.15) is 41.0 Å². The first-order chi connectivity index (χ1) is 20.1. The molecule has 2 aliphatic heterocycles. The van der Waals surface area contributed by atoms with E-state index in [0.717, 1.165) is 4.90 Å². The quantitative estimate of drug-likeness (QED) is 0.248. The second-order valence-corrected chi connectivity index (χ2v) is 11.4. The van der Waals surface area contributed by atoms with Gasteiger partial charge in [0.25, 0.3) is 11.8 Å². The summed E-state index contributed by atoms with van der Waals surface area (Å²) >= 11 is 19.7. The fourth-order valence-corrected chi connectivity index (χ4v) is 6.16. The summed E-state index contributed by atoms with van der Waals surface area (Å²) in [7, 11) is 0. The number of rotatable bonds is 10. The van der Waals surface area contributed by atoms with Crippen molar-refractivity contribution in [3.05, 3.63) is 87.0 Å². The zero-order chi connectivity index (χ0) is 30.0. The van der Waals surface area contributed by atoms with E-state index in [9.17, 15) is 24.6 Å². The van der Waals surface area contributed by atoms with Gasteiger partial charge in [0.05, 0.1) is 5.02 Å². The maximum atomic E-state index is 13.0. The van der Waals surface area contributed by atoms with Crippen molar-refractivity contribution in [1.29, 1.82) is 0 Å². The summed E-state index contributed by atoms with van der Waals surface area (Å²) in [5.74, 6) is -0.946. The summed E-state index contributed by atoms with van der Waals surface area (Å²) in [6, 6.07) is 14.3. The first-order valence-corrected chi connectivity index (χ1v) is 14.5. The minimum atomic E-state index is -1.30. The van der Waals surface area contributed by atoms with E-state index < -0.39 is 29.2 Å². The molecule has 14 heteroatoms. The van der Waals surface area contributed by atoms with Crippen molar-refractivity contribution >= 4 is 64.3 Å². The number of aromatic hydroxyl groups is 1. The van der Waals surface area contributed by atoms with Crippen LogP contribution in [0.1, 0.15) is 0 Å². The van der Waals surface area contributed by atoms with Crippen molar-refractivity contribution in [2.75, 3.05) is 19.0 Å². The third kappa shape index (κ3) is 6.49. The van der Waals surface area contributed by atoms with Gasteiger partial charge in [-0.3, -0.25) is 14.5 Å². The van der Waals surface area contributed by atoms with E-state index in [1.165, 1.54) is 48.2 Å². The molecule has 2 aliphatic rings. The first-order valence-electron chi connectivity index (χ1n) is 12.3. The largest absolute Gasteiger partial charge is 0.508 e. The molecule has 218 valence electrons. The number of hydrogen-bond acceptors (Lipinski definition) is 8. The molecule has 3 aromatic rings. The molecule has 5 rings (SSSR count). The number of carboxylic acids is 1. The Morgan fingerprint density at radius 1 is 0.952 bits per heavy atom. The summed E-state index contributed by atoms with van der Waals surface area (Å²) in [4.78, 5) is 38.8. The summed E-state index contributed by atoms with van der Waals surface area (Å²) in [6.45, 7) is -0.536. The first kappa shape index (κ1) is 29.7. The molecule has 0 radical (unpaired) electrons. The minimum Gasteiger partial charge on any atom is -0.508 e. The predicted molar refractivity (Wildman–Crippen MR) is 157 cm³/mol. The number of β-lactam (4-membered cyclic amide) rings is 1. The van der Waals surface area contributed by atoms with Crippen LogP contribution < -0.4 is 19.5 Å². The van der Waals surface area contributed by atoms with E-state index in [4.69, 9.17) is 49.0 Å². The Bertz CT molecular complexity index is 1580. The number of phenolic OH excluding ortho intramolecular Hbond substituents is 1. The van der Waals surface area contributed by atoms with Crippen LogP contribution in [0.5, 0.6) is 28.7 Å². The maximum absolute atomic E-state index is 13.0. The number of nitrogens with zero attached hydrogens (tertiary/aromatic N) is 1. The van der Waals surface area contributed by atoms with Crippen LogP contribution in [0.3, 0.4) is 0 Å². The van der Waals surface area contributed by atoms with Gasteiger partial charge in [-0.1, -0.05) is 34.8 Å². The number of phenols is 1. The summed E-state index contributed by atoms with van der Waals surface area (Å²) in [6.07, 6.45) is 0. The van der Waals surface area contributed by atoms with Crippen molar-refractivity contribution in [2.24, 2.45) is 0 Å². The highest BCUT2D eigenvalue weighted by Gasteiger charge is 2.54. The number of nitrogens with one attached hydrogen (secondary N) is 1. The predicted octanol–water partition coefficient (Wildman–Crippen LogP) is 5.34. The Labute approximate surface area is 258 Å². The molecule has 42 heavy (non-hydrogen) atoms. The zero-order valence-electron chi connectivity index (χ0n) is 21.4. The normalized spacial score (nSPS) is 17.7. The van der Waals surface area contributed by atoms with Gasteiger partial charge in [0, 0.05) is 27.4 Å². The van der Waals surface area contributed by atoms with Gasteiger partial charge in [0.15, 0.2) is 18.1 Å². The molecular formula is C28H21Cl3N2O8S.